The summed E-state index contributed by atoms with van der Waals surface area (Å²) in [5, 5.41) is 21.2. The summed E-state index contributed by atoms with van der Waals surface area (Å²) in [7, 11) is -1.19. The lowest BCUT2D eigenvalue weighted by Gasteiger charge is -2.14. The Morgan fingerprint density at radius 2 is 1.63 bits per heavy atom. The Morgan fingerprint density at radius 1 is 0.971 bits per heavy atom. The molecule has 0 unspecified atom stereocenters. The average molecular weight is 564 g/mol. The molecule has 1 heterocycles. The third kappa shape index (κ3) is 6.89. The van der Waals surface area contributed by atoms with E-state index in [0.29, 0.717) is 22.1 Å². The minimum absolute atomic E-state index is 0.168. The summed E-state index contributed by atoms with van der Waals surface area (Å²) in [5.74, 6) is 0.865. The molecule has 4 nitrogen and oxygen atoms in total. The van der Waals surface area contributed by atoms with Crippen LogP contribution in [0.1, 0.15) is 11.1 Å². The molecule has 0 radical (unpaired) electrons. The smallest absolute Gasteiger partial charge is 0.115 e. The first kappa shape index (κ1) is 25.3. The molecule has 3 aromatic carbocycles. The Kier molecular flexibility index (Phi) is 8.89. The molecule has 0 amide bonds. The largest absolute Gasteiger partial charge is 0.391 e. The van der Waals surface area contributed by atoms with Gasteiger partial charge < -0.3 is 5.11 Å². The third-order valence-electron chi connectivity index (χ3n) is 5.28. The number of aliphatic hydroxyl groups is 1. The van der Waals surface area contributed by atoms with Crippen LogP contribution < -0.4 is 0 Å². The maximum absolute atomic E-state index is 12.5. The van der Waals surface area contributed by atoms with Gasteiger partial charge in [-0.25, -0.2) is 4.98 Å². The molecule has 7 heteroatoms. The molecule has 0 aliphatic carbocycles. The number of rotatable bonds is 9. The molecule has 0 aliphatic heterocycles. The van der Waals surface area contributed by atoms with Crippen LogP contribution in [0.2, 0.25) is 0 Å². The van der Waals surface area contributed by atoms with Crippen molar-refractivity contribution in [1.82, 2.24) is 4.98 Å². The standard InChI is InChI=1S/C28H23BrN2O2S2/c29-23-13-11-22(12-14-23)27-15-25(21-9-5-2-6-10-21)26(16-30)28(31-27)34-17-24(32)19-35(33)18-20-7-3-1-4-8-20/h1-15,24,32H,17-19H2/t24-,35+/m0/s1. The van der Waals surface area contributed by atoms with E-state index in [1.807, 2.05) is 91.0 Å². The van der Waals surface area contributed by atoms with Crippen LogP contribution in [0.3, 0.4) is 0 Å². The molecule has 35 heavy (non-hydrogen) atoms. The van der Waals surface area contributed by atoms with Gasteiger partial charge in [0.1, 0.15) is 11.1 Å². The van der Waals surface area contributed by atoms with Crippen molar-refractivity contribution in [1.29, 1.82) is 5.26 Å². The van der Waals surface area contributed by atoms with Gasteiger partial charge in [-0.1, -0.05) is 88.7 Å². The van der Waals surface area contributed by atoms with Crippen LogP contribution in [-0.2, 0) is 16.6 Å². The predicted octanol–water partition coefficient (Wildman–Crippen LogP) is 6.45. The van der Waals surface area contributed by atoms with E-state index in [0.717, 1.165) is 32.4 Å². The quantitative estimate of drug-likeness (QED) is 0.237. The molecule has 4 aromatic rings. The van der Waals surface area contributed by atoms with E-state index in [4.69, 9.17) is 4.98 Å². The molecule has 4 rings (SSSR count). The van der Waals surface area contributed by atoms with Crippen LogP contribution in [0, 0.1) is 11.3 Å². The van der Waals surface area contributed by atoms with E-state index in [1.54, 1.807) is 0 Å². The lowest BCUT2D eigenvalue weighted by Crippen LogP contribution is -2.20. The van der Waals surface area contributed by atoms with E-state index in [-0.39, 0.29) is 5.75 Å². The highest BCUT2D eigenvalue weighted by atomic mass is 79.9. The second kappa shape index (κ2) is 12.3. The second-order valence-corrected chi connectivity index (χ2v) is 11.3. The van der Waals surface area contributed by atoms with Gasteiger partial charge in [-0.05, 0) is 29.3 Å². The predicted molar refractivity (Wildman–Crippen MR) is 147 cm³/mol. The summed E-state index contributed by atoms with van der Waals surface area (Å²) >= 11 is 4.79. The van der Waals surface area contributed by atoms with E-state index >= 15 is 0 Å². The molecular weight excluding hydrogens is 540 g/mol. The van der Waals surface area contributed by atoms with Gasteiger partial charge in [-0.2, -0.15) is 5.26 Å². The second-order valence-electron chi connectivity index (χ2n) is 7.92. The summed E-state index contributed by atoms with van der Waals surface area (Å²) in [6, 6.07) is 31.5. The first-order valence-corrected chi connectivity index (χ1v) is 14.3. The van der Waals surface area contributed by atoms with Crippen molar-refractivity contribution in [2.75, 3.05) is 11.5 Å². The van der Waals surface area contributed by atoms with E-state index in [1.165, 1.54) is 11.8 Å². The normalized spacial score (nSPS) is 12.6. The average Bonchev–Trinajstić information content (AvgIpc) is 2.88. The van der Waals surface area contributed by atoms with E-state index in [9.17, 15) is 14.6 Å². The maximum atomic E-state index is 12.5. The highest BCUT2D eigenvalue weighted by Gasteiger charge is 2.18. The zero-order chi connectivity index (χ0) is 24.6. The minimum Gasteiger partial charge on any atom is -0.391 e. The number of nitrogens with zero attached hydrogens (tertiary/aromatic N) is 2. The zero-order valence-corrected chi connectivity index (χ0v) is 22.0. The SMILES string of the molecule is N#Cc1c(-c2ccccc2)cc(-c2ccc(Br)cc2)nc1SC[C@H](O)C[S@](=O)Cc1ccccc1. The maximum Gasteiger partial charge on any atom is 0.115 e. The highest BCUT2D eigenvalue weighted by molar-refractivity contribution is 9.10. The molecule has 176 valence electrons. The van der Waals surface area contributed by atoms with Crippen molar-refractivity contribution in [2.45, 2.75) is 16.9 Å². The molecule has 0 saturated heterocycles. The van der Waals surface area contributed by atoms with Gasteiger partial charge >= 0.3 is 0 Å². The Labute approximate surface area is 220 Å². The number of nitriles is 1. The van der Waals surface area contributed by atoms with Crippen molar-refractivity contribution in [3.05, 3.63) is 107 Å². The molecular formula is C28H23BrN2O2S2. The fourth-order valence-electron chi connectivity index (χ4n) is 3.60. The first-order valence-electron chi connectivity index (χ1n) is 11.0. The topological polar surface area (TPSA) is 74.0 Å². The molecule has 0 spiro atoms. The first-order chi connectivity index (χ1) is 17.0. The van der Waals surface area contributed by atoms with Gasteiger partial charge in [-0.15, -0.1) is 11.8 Å². The van der Waals surface area contributed by atoms with E-state index < -0.39 is 16.9 Å². The van der Waals surface area contributed by atoms with Gasteiger partial charge in [0.2, 0.25) is 0 Å². The number of benzene rings is 3. The number of pyridine rings is 1. The molecule has 0 aliphatic rings. The third-order valence-corrected chi connectivity index (χ3v) is 8.34. The highest BCUT2D eigenvalue weighted by Crippen LogP contribution is 2.34. The number of aromatic nitrogens is 1. The number of hydrogen-bond donors (Lipinski definition) is 1. The molecule has 0 fully saturated rings. The Balaban J connectivity index is 1.58. The van der Waals surface area contributed by atoms with Crippen molar-refractivity contribution in [2.24, 2.45) is 0 Å². The Bertz CT molecular complexity index is 1340. The van der Waals surface area contributed by atoms with Crippen molar-refractivity contribution < 1.29 is 9.32 Å². The monoisotopic (exact) mass is 562 g/mol. The van der Waals surface area contributed by atoms with E-state index in [2.05, 4.69) is 22.0 Å². The minimum atomic E-state index is -1.19. The Morgan fingerprint density at radius 3 is 2.29 bits per heavy atom. The van der Waals surface area contributed by atoms with Crippen LogP contribution in [0.4, 0.5) is 0 Å². The molecule has 1 aromatic heterocycles. The summed E-state index contributed by atoms with van der Waals surface area (Å²) in [4.78, 5) is 4.79. The van der Waals surface area contributed by atoms with Crippen LogP contribution in [0.5, 0.6) is 0 Å². The Hall–Kier alpha value is -2.76. The zero-order valence-electron chi connectivity index (χ0n) is 18.8. The fraction of sp³-hybridized carbons (Fsp3) is 0.143. The number of hydrogen-bond acceptors (Lipinski definition) is 5. The van der Waals surface area contributed by atoms with Gasteiger partial charge in [0, 0.05) is 37.9 Å². The molecule has 1 N–H and O–H groups in total. The van der Waals surface area contributed by atoms with Gasteiger partial charge in [0.05, 0.1) is 23.1 Å². The molecule has 0 bridgehead atoms. The van der Waals surface area contributed by atoms with Crippen LogP contribution >= 0.6 is 27.7 Å². The van der Waals surface area contributed by atoms with Gasteiger partial charge in [-0.3, -0.25) is 4.21 Å². The van der Waals surface area contributed by atoms with Gasteiger partial charge in [0.25, 0.3) is 0 Å². The fourth-order valence-corrected chi connectivity index (χ4v) is 6.18. The van der Waals surface area contributed by atoms with Crippen LogP contribution in [0.25, 0.3) is 22.4 Å². The summed E-state index contributed by atoms with van der Waals surface area (Å²) < 4.78 is 13.5. The summed E-state index contributed by atoms with van der Waals surface area (Å²) in [6.07, 6.45) is -0.783. The number of aliphatic hydroxyl groups excluding tert-OH is 1. The summed E-state index contributed by atoms with van der Waals surface area (Å²) in [6.45, 7) is 0. The number of halogens is 1. The summed E-state index contributed by atoms with van der Waals surface area (Å²) in [5.41, 5.74) is 4.86. The van der Waals surface area contributed by atoms with Crippen LogP contribution in [0.15, 0.2) is 100 Å². The lowest BCUT2D eigenvalue weighted by molar-refractivity contribution is 0.224. The lowest BCUT2D eigenvalue weighted by atomic mass is 9.99. The molecule has 0 saturated carbocycles. The van der Waals surface area contributed by atoms with Crippen molar-refractivity contribution in [3.8, 4) is 28.5 Å². The van der Waals surface area contributed by atoms with Crippen molar-refractivity contribution in [3.63, 3.8) is 0 Å². The number of thioether (sulfide) groups is 1. The van der Waals surface area contributed by atoms with Gasteiger partial charge in [0.15, 0.2) is 0 Å². The van der Waals surface area contributed by atoms with Crippen LogP contribution in [-0.4, -0.2) is 31.9 Å². The van der Waals surface area contributed by atoms with Crippen molar-refractivity contribution >= 4 is 38.5 Å². The molecule has 2 atom stereocenters.